The summed E-state index contributed by atoms with van der Waals surface area (Å²) in [5.41, 5.74) is 1.82. The SMILES string of the molecule is C=CCn1c(SCc2cccc(C#N)c2)nnc1C1CC1. The third kappa shape index (κ3) is 3.17. The first-order valence-corrected chi connectivity index (χ1v) is 7.96. The largest absolute Gasteiger partial charge is 0.302 e. The number of aromatic nitrogens is 3. The molecule has 1 heterocycles. The third-order valence-corrected chi connectivity index (χ3v) is 4.46. The minimum absolute atomic E-state index is 0.578. The second-order valence-electron chi connectivity index (χ2n) is 5.12. The first-order chi connectivity index (χ1) is 10.3. The maximum atomic E-state index is 8.94. The van der Waals surface area contributed by atoms with Crippen LogP contribution in [0.5, 0.6) is 0 Å². The highest BCUT2D eigenvalue weighted by atomic mass is 32.2. The van der Waals surface area contributed by atoms with Crippen LogP contribution in [0.4, 0.5) is 0 Å². The van der Waals surface area contributed by atoms with Gasteiger partial charge in [-0.15, -0.1) is 16.8 Å². The Kier molecular flexibility index (Phi) is 4.07. The molecule has 0 radical (unpaired) electrons. The molecular formula is C16H16N4S. The zero-order chi connectivity index (χ0) is 14.7. The minimum Gasteiger partial charge on any atom is -0.302 e. The predicted octanol–water partition coefficient (Wildman–Crippen LogP) is 3.51. The van der Waals surface area contributed by atoms with Gasteiger partial charge in [0.2, 0.25) is 0 Å². The van der Waals surface area contributed by atoms with E-state index in [1.54, 1.807) is 11.8 Å². The average Bonchev–Trinajstić information content (AvgIpc) is 3.28. The average molecular weight is 296 g/mol. The van der Waals surface area contributed by atoms with Gasteiger partial charge >= 0.3 is 0 Å². The molecule has 0 atom stereocenters. The molecule has 3 rings (SSSR count). The van der Waals surface area contributed by atoms with Gasteiger partial charge in [-0.25, -0.2) is 0 Å². The van der Waals surface area contributed by atoms with E-state index in [1.807, 2.05) is 30.3 Å². The number of rotatable bonds is 6. The Morgan fingerprint density at radius 2 is 2.29 bits per heavy atom. The molecule has 0 N–H and O–H groups in total. The van der Waals surface area contributed by atoms with Gasteiger partial charge in [-0.05, 0) is 30.5 Å². The molecule has 1 aliphatic rings. The molecule has 0 saturated heterocycles. The lowest BCUT2D eigenvalue weighted by Crippen LogP contribution is -2.02. The first kappa shape index (κ1) is 13.9. The van der Waals surface area contributed by atoms with E-state index >= 15 is 0 Å². The van der Waals surface area contributed by atoms with Crippen molar-refractivity contribution in [3.05, 3.63) is 53.9 Å². The molecule has 0 aliphatic heterocycles. The first-order valence-electron chi connectivity index (χ1n) is 6.97. The molecule has 0 bridgehead atoms. The van der Waals surface area contributed by atoms with Crippen LogP contribution in [0.1, 0.15) is 35.7 Å². The molecule has 106 valence electrons. The van der Waals surface area contributed by atoms with E-state index in [2.05, 4.69) is 27.4 Å². The van der Waals surface area contributed by atoms with Crippen molar-refractivity contribution in [2.75, 3.05) is 0 Å². The zero-order valence-corrected chi connectivity index (χ0v) is 12.5. The van der Waals surface area contributed by atoms with Crippen LogP contribution in [-0.4, -0.2) is 14.8 Å². The van der Waals surface area contributed by atoms with Crippen molar-refractivity contribution in [1.29, 1.82) is 5.26 Å². The van der Waals surface area contributed by atoms with Crippen LogP contribution in [0.2, 0.25) is 0 Å². The summed E-state index contributed by atoms with van der Waals surface area (Å²) in [5, 5.41) is 18.5. The molecule has 0 spiro atoms. The highest BCUT2D eigenvalue weighted by Gasteiger charge is 2.30. The molecule has 21 heavy (non-hydrogen) atoms. The standard InChI is InChI=1S/C16H16N4S/c1-2-8-20-15(14-6-7-14)18-19-16(20)21-11-13-5-3-4-12(9-13)10-17/h2-5,9,14H,1,6-8,11H2. The number of thioether (sulfide) groups is 1. The Labute approximate surface area is 128 Å². The molecule has 1 aromatic carbocycles. The highest BCUT2D eigenvalue weighted by Crippen LogP contribution is 2.40. The molecule has 1 aromatic heterocycles. The van der Waals surface area contributed by atoms with Gasteiger partial charge in [-0.3, -0.25) is 0 Å². The summed E-state index contributed by atoms with van der Waals surface area (Å²) in [6.45, 7) is 4.57. The van der Waals surface area contributed by atoms with Crippen molar-refractivity contribution in [3.8, 4) is 6.07 Å². The normalized spacial score (nSPS) is 13.9. The molecule has 0 amide bonds. The maximum Gasteiger partial charge on any atom is 0.191 e. The Morgan fingerprint density at radius 3 is 3.00 bits per heavy atom. The van der Waals surface area contributed by atoms with Crippen LogP contribution >= 0.6 is 11.8 Å². The van der Waals surface area contributed by atoms with Gasteiger partial charge in [0.15, 0.2) is 5.16 Å². The third-order valence-electron chi connectivity index (χ3n) is 3.42. The molecule has 5 heteroatoms. The summed E-state index contributed by atoms with van der Waals surface area (Å²) >= 11 is 1.66. The lowest BCUT2D eigenvalue weighted by Gasteiger charge is -2.07. The van der Waals surface area contributed by atoms with Crippen LogP contribution < -0.4 is 0 Å². The Morgan fingerprint density at radius 1 is 1.43 bits per heavy atom. The second-order valence-corrected chi connectivity index (χ2v) is 6.06. The Bertz CT molecular complexity index is 695. The van der Waals surface area contributed by atoms with Gasteiger partial charge in [0, 0.05) is 18.2 Å². The van der Waals surface area contributed by atoms with Crippen LogP contribution in [0.3, 0.4) is 0 Å². The summed E-state index contributed by atoms with van der Waals surface area (Å²) in [6, 6.07) is 9.85. The van der Waals surface area contributed by atoms with Gasteiger partial charge in [0.25, 0.3) is 0 Å². The fraction of sp³-hybridized carbons (Fsp3) is 0.312. The van der Waals surface area contributed by atoms with Crippen LogP contribution in [0.15, 0.2) is 42.1 Å². The number of hydrogen-bond donors (Lipinski definition) is 0. The van der Waals surface area contributed by atoms with Crippen molar-refractivity contribution < 1.29 is 0 Å². The smallest absolute Gasteiger partial charge is 0.191 e. The summed E-state index contributed by atoms with van der Waals surface area (Å²) < 4.78 is 2.16. The van der Waals surface area contributed by atoms with Gasteiger partial charge in [-0.2, -0.15) is 5.26 Å². The highest BCUT2D eigenvalue weighted by molar-refractivity contribution is 7.98. The van der Waals surface area contributed by atoms with E-state index < -0.39 is 0 Å². The van der Waals surface area contributed by atoms with Gasteiger partial charge in [0.05, 0.1) is 11.6 Å². The van der Waals surface area contributed by atoms with E-state index in [9.17, 15) is 0 Å². The van der Waals surface area contributed by atoms with E-state index in [0.29, 0.717) is 11.5 Å². The number of nitriles is 1. The molecular weight excluding hydrogens is 280 g/mol. The van der Waals surface area contributed by atoms with E-state index in [4.69, 9.17) is 5.26 Å². The number of allylic oxidation sites excluding steroid dienone is 1. The fourth-order valence-corrected chi connectivity index (χ4v) is 3.13. The predicted molar refractivity (Wildman–Crippen MR) is 82.9 cm³/mol. The molecule has 1 saturated carbocycles. The van der Waals surface area contributed by atoms with Crippen LogP contribution in [0, 0.1) is 11.3 Å². The van der Waals surface area contributed by atoms with Crippen molar-refractivity contribution in [3.63, 3.8) is 0 Å². The number of nitrogens with zero attached hydrogens (tertiary/aromatic N) is 4. The topological polar surface area (TPSA) is 54.5 Å². The van der Waals surface area contributed by atoms with Crippen LogP contribution in [0.25, 0.3) is 0 Å². The Balaban J connectivity index is 1.75. The van der Waals surface area contributed by atoms with Crippen molar-refractivity contribution in [1.82, 2.24) is 14.8 Å². The maximum absolute atomic E-state index is 8.94. The van der Waals surface area contributed by atoms with E-state index in [1.165, 1.54) is 12.8 Å². The van der Waals surface area contributed by atoms with Gasteiger partial charge in [0.1, 0.15) is 5.82 Å². The quantitative estimate of drug-likeness (QED) is 0.604. The lowest BCUT2D eigenvalue weighted by molar-refractivity contribution is 0.681. The van der Waals surface area contributed by atoms with Crippen molar-refractivity contribution >= 4 is 11.8 Å². The van der Waals surface area contributed by atoms with Crippen molar-refractivity contribution in [2.45, 2.75) is 36.2 Å². The van der Waals surface area contributed by atoms with E-state index in [0.717, 1.165) is 28.8 Å². The van der Waals surface area contributed by atoms with Crippen LogP contribution in [-0.2, 0) is 12.3 Å². The second kappa shape index (κ2) is 6.15. The monoisotopic (exact) mass is 296 g/mol. The number of hydrogen-bond acceptors (Lipinski definition) is 4. The molecule has 0 unspecified atom stereocenters. The molecule has 4 nitrogen and oxygen atoms in total. The summed E-state index contributed by atoms with van der Waals surface area (Å²) in [6.07, 6.45) is 4.31. The summed E-state index contributed by atoms with van der Waals surface area (Å²) in [4.78, 5) is 0. The fourth-order valence-electron chi connectivity index (χ4n) is 2.23. The zero-order valence-electron chi connectivity index (χ0n) is 11.7. The summed E-state index contributed by atoms with van der Waals surface area (Å²) in [7, 11) is 0. The molecule has 1 aliphatic carbocycles. The molecule has 1 fully saturated rings. The number of benzene rings is 1. The van der Waals surface area contributed by atoms with Crippen molar-refractivity contribution in [2.24, 2.45) is 0 Å². The van der Waals surface area contributed by atoms with E-state index in [-0.39, 0.29) is 0 Å². The summed E-state index contributed by atoms with van der Waals surface area (Å²) in [5.74, 6) is 2.45. The lowest BCUT2D eigenvalue weighted by atomic mass is 10.2. The Hall–Kier alpha value is -2.06. The van der Waals surface area contributed by atoms with Gasteiger partial charge < -0.3 is 4.57 Å². The van der Waals surface area contributed by atoms with Gasteiger partial charge in [-0.1, -0.05) is 30.0 Å². The molecule has 2 aromatic rings. The minimum atomic E-state index is 0.578.